The van der Waals surface area contributed by atoms with E-state index in [-0.39, 0.29) is 16.3 Å². The van der Waals surface area contributed by atoms with Gasteiger partial charge in [-0.3, -0.25) is 4.72 Å². The van der Waals surface area contributed by atoms with Gasteiger partial charge in [-0.2, -0.15) is 0 Å². The maximum absolute atomic E-state index is 13.9. The molecule has 0 saturated heterocycles. The Morgan fingerprint density at radius 1 is 1.19 bits per heavy atom. The Labute approximate surface area is 125 Å². The molecule has 0 saturated carbocycles. The molecule has 0 aliphatic heterocycles. The van der Waals surface area contributed by atoms with Crippen molar-refractivity contribution in [2.45, 2.75) is 11.8 Å². The summed E-state index contributed by atoms with van der Waals surface area (Å²) in [5, 5.41) is -0.143. The maximum atomic E-state index is 13.9. The lowest BCUT2D eigenvalue weighted by Gasteiger charge is -2.13. The quantitative estimate of drug-likeness (QED) is 0.847. The van der Waals surface area contributed by atoms with Gasteiger partial charge in [0.05, 0.1) is 10.7 Å². The zero-order chi connectivity index (χ0) is 15.8. The van der Waals surface area contributed by atoms with E-state index in [0.29, 0.717) is 0 Å². The molecule has 0 amide bonds. The Morgan fingerprint density at radius 2 is 1.86 bits per heavy atom. The van der Waals surface area contributed by atoms with Gasteiger partial charge in [-0.05, 0) is 30.7 Å². The number of hydrogen-bond acceptors (Lipinski definition) is 3. The van der Waals surface area contributed by atoms with Crippen molar-refractivity contribution in [2.24, 2.45) is 0 Å². The van der Waals surface area contributed by atoms with Gasteiger partial charge < -0.3 is 5.73 Å². The van der Waals surface area contributed by atoms with Gasteiger partial charge >= 0.3 is 0 Å². The first kappa shape index (κ1) is 15.5. The zero-order valence-electron chi connectivity index (χ0n) is 10.8. The molecule has 0 unspecified atom stereocenters. The van der Waals surface area contributed by atoms with E-state index in [0.717, 1.165) is 6.07 Å². The molecule has 2 rings (SSSR count). The lowest BCUT2D eigenvalue weighted by atomic mass is 10.2. The van der Waals surface area contributed by atoms with Crippen molar-refractivity contribution in [3.05, 3.63) is 52.6 Å². The fourth-order valence-corrected chi connectivity index (χ4v) is 3.49. The molecular formula is C13H11ClF2N2O2S. The predicted molar refractivity (Wildman–Crippen MR) is 77.8 cm³/mol. The van der Waals surface area contributed by atoms with E-state index in [2.05, 4.69) is 0 Å². The van der Waals surface area contributed by atoms with Gasteiger partial charge in [0.25, 0.3) is 10.0 Å². The van der Waals surface area contributed by atoms with Crippen molar-refractivity contribution >= 4 is 33.0 Å². The highest BCUT2D eigenvalue weighted by atomic mass is 35.5. The van der Waals surface area contributed by atoms with Crippen LogP contribution in [0.1, 0.15) is 5.56 Å². The molecule has 0 spiro atoms. The fraction of sp³-hybridized carbons (Fsp3) is 0.0769. The second kappa shape index (κ2) is 5.50. The van der Waals surface area contributed by atoms with Crippen LogP contribution in [0, 0.1) is 18.6 Å². The Balaban J connectivity index is 2.56. The van der Waals surface area contributed by atoms with Crippen molar-refractivity contribution in [1.82, 2.24) is 0 Å². The highest BCUT2D eigenvalue weighted by Gasteiger charge is 2.24. The van der Waals surface area contributed by atoms with E-state index in [1.165, 1.54) is 31.2 Å². The predicted octanol–water partition coefficient (Wildman–Crippen LogP) is 3.31. The summed E-state index contributed by atoms with van der Waals surface area (Å²) in [6.07, 6.45) is 0. The standard InChI is InChI=1S/C13H11ClF2N2O2S/c1-7-5-6-9(15)12(11(7)16)18-21(19,20)13-8(14)3-2-4-10(13)17/h2-6,18H,17H2,1H3. The van der Waals surface area contributed by atoms with Crippen LogP contribution in [0.25, 0.3) is 0 Å². The Morgan fingerprint density at radius 3 is 2.48 bits per heavy atom. The van der Waals surface area contributed by atoms with Crippen molar-refractivity contribution < 1.29 is 17.2 Å². The average molecular weight is 333 g/mol. The highest BCUT2D eigenvalue weighted by Crippen LogP contribution is 2.31. The van der Waals surface area contributed by atoms with Crippen molar-refractivity contribution in [3.8, 4) is 0 Å². The number of sulfonamides is 1. The molecule has 2 aromatic rings. The average Bonchev–Trinajstić information content (AvgIpc) is 2.39. The minimum absolute atomic E-state index is 0.0984. The first-order valence-electron chi connectivity index (χ1n) is 5.75. The lowest BCUT2D eigenvalue weighted by Crippen LogP contribution is -2.17. The van der Waals surface area contributed by atoms with Gasteiger partial charge in [0, 0.05) is 0 Å². The van der Waals surface area contributed by atoms with Gasteiger partial charge in [-0.1, -0.05) is 23.7 Å². The normalized spacial score (nSPS) is 11.4. The van der Waals surface area contributed by atoms with Crippen LogP contribution in [-0.2, 0) is 10.0 Å². The topological polar surface area (TPSA) is 72.2 Å². The van der Waals surface area contributed by atoms with Crippen LogP contribution in [0.5, 0.6) is 0 Å². The van der Waals surface area contributed by atoms with Crippen molar-refractivity contribution in [2.75, 3.05) is 10.5 Å². The number of anilines is 2. The monoisotopic (exact) mass is 332 g/mol. The van der Waals surface area contributed by atoms with Crippen LogP contribution in [0.4, 0.5) is 20.2 Å². The molecule has 112 valence electrons. The minimum Gasteiger partial charge on any atom is -0.398 e. The number of hydrogen-bond donors (Lipinski definition) is 2. The van der Waals surface area contributed by atoms with Gasteiger partial charge in [0.1, 0.15) is 16.4 Å². The number of nitrogens with two attached hydrogens (primary N) is 1. The summed E-state index contributed by atoms with van der Waals surface area (Å²) in [5.74, 6) is -2.03. The SMILES string of the molecule is Cc1ccc(F)c(NS(=O)(=O)c2c(N)cccc2Cl)c1F. The summed E-state index contributed by atoms with van der Waals surface area (Å²) in [5.41, 5.74) is 4.78. The van der Waals surface area contributed by atoms with Crippen LogP contribution in [0.3, 0.4) is 0 Å². The molecule has 0 aromatic heterocycles. The second-order valence-electron chi connectivity index (χ2n) is 4.32. The molecule has 0 aliphatic carbocycles. The van der Waals surface area contributed by atoms with Crippen LogP contribution in [0.15, 0.2) is 35.2 Å². The first-order valence-corrected chi connectivity index (χ1v) is 7.61. The largest absolute Gasteiger partial charge is 0.398 e. The summed E-state index contributed by atoms with van der Waals surface area (Å²) < 4.78 is 53.9. The van der Waals surface area contributed by atoms with Gasteiger partial charge in [0.15, 0.2) is 5.82 Å². The van der Waals surface area contributed by atoms with Gasteiger partial charge in [0.2, 0.25) is 0 Å². The van der Waals surface area contributed by atoms with E-state index < -0.39 is 32.2 Å². The molecule has 21 heavy (non-hydrogen) atoms. The zero-order valence-corrected chi connectivity index (χ0v) is 12.4. The Hall–Kier alpha value is -1.86. The molecular weight excluding hydrogens is 322 g/mol. The summed E-state index contributed by atoms with van der Waals surface area (Å²) >= 11 is 5.80. The second-order valence-corrected chi connectivity index (χ2v) is 6.34. The molecule has 0 aliphatic rings. The number of rotatable bonds is 3. The molecule has 0 heterocycles. The maximum Gasteiger partial charge on any atom is 0.265 e. The summed E-state index contributed by atoms with van der Waals surface area (Å²) in [6.45, 7) is 1.39. The molecule has 3 N–H and O–H groups in total. The Kier molecular flexibility index (Phi) is 4.06. The van der Waals surface area contributed by atoms with E-state index >= 15 is 0 Å². The number of nitrogens with one attached hydrogen (secondary N) is 1. The van der Waals surface area contributed by atoms with E-state index in [9.17, 15) is 17.2 Å². The van der Waals surface area contributed by atoms with Gasteiger partial charge in [-0.25, -0.2) is 17.2 Å². The smallest absolute Gasteiger partial charge is 0.265 e. The van der Waals surface area contributed by atoms with E-state index in [1.807, 2.05) is 4.72 Å². The molecule has 4 nitrogen and oxygen atoms in total. The van der Waals surface area contributed by atoms with Crippen molar-refractivity contribution in [1.29, 1.82) is 0 Å². The molecule has 0 bridgehead atoms. The number of benzene rings is 2. The molecule has 0 fully saturated rings. The lowest BCUT2D eigenvalue weighted by molar-refractivity contribution is 0.579. The van der Waals surface area contributed by atoms with E-state index in [1.54, 1.807) is 0 Å². The van der Waals surface area contributed by atoms with Gasteiger partial charge in [-0.15, -0.1) is 0 Å². The summed E-state index contributed by atoms with van der Waals surface area (Å²) in [7, 11) is -4.32. The van der Waals surface area contributed by atoms with Crippen LogP contribution in [0.2, 0.25) is 5.02 Å². The van der Waals surface area contributed by atoms with E-state index in [4.69, 9.17) is 17.3 Å². The first-order chi connectivity index (χ1) is 9.74. The highest BCUT2D eigenvalue weighted by molar-refractivity contribution is 7.93. The van der Waals surface area contributed by atoms with Crippen LogP contribution >= 0.6 is 11.6 Å². The number of nitrogen functional groups attached to an aromatic ring is 1. The third-order valence-electron chi connectivity index (χ3n) is 2.79. The van der Waals surface area contributed by atoms with Crippen LogP contribution < -0.4 is 10.5 Å². The number of aryl methyl sites for hydroxylation is 1. The third-order valence-corrected chi connectivity index (χ3v) is 4.68. The summed E-state index contributed by atoms with van der Waals surface area (Å²) in [6, 6.07) is 6.27. The third kappa shape index (κ3) is 2.93. The fourth-order valence-electron chi connectivity index (χ4n) is 1.74. The van der Waals surface area contributed by atoms with Crippen LogP contribution in [-0.4, -0.2) is 8.42 Å². The molecule has 0 radical (unpaired) electrons. The minimum atomic E-state index is -4.32. The molecule has 8 heteroatoms. The van der Waals surface area contributed by atoms with Crippen molar-refractivity contribution in [3.63, 3.8) is 0 Å². The molecule has 0 atom stereocenters. The number of halogens is 3. The summed E-state index contributed by atoms with van der Waals surface area (Å²) in [4.78, 5) is -0.424. The molecule has 2 aromatic carbocycles. The Bertz CT molecular complexity index is 790.